The van der Waals surface area contributed by atoms with Gasteiger partial charge < -0.3 is 10.1 Å². The Morgan fingerprint density at radius 1 is 1.77 bits per heavy atom. The van der Waals surface area contributed by atoms with Crippen molar-refractivity contribution in [1.29, 1.82) is 0 Å². The van der Waals surface area contributed by atoms with Gasteiger partial charge in [0.15, 0.2) is 0 Å². The molecule has 72 valence electrons. The van der Waals surface area contributed by atoms with Crippen LogP contribution in [0.5, 0.6) is 0 Å². The molecule has 2 rings (SSSR count). The number of hydrogen-bond acceptors (Lipinski definition) is 5. The molecule has 1 aromatic rings. The van der Waals surface area contributed by atoms with Gasteiger partial charge in [0.05, 0.1) is 11.8 Å². The summed E-state index contributed by atoms with van der Waals surface area (Å²) in [5.74, 6) is 0. The highest BCUT2D eigenvalue weighted by Gasteiger charge is 2.23. The van der Waals surface area contributed by atoms with Gasteiger partial charge in [0.1, 0.15) is 0 Å². The maximum absolute atomic E-state index is 5.44. The van der Waals surface area contributed by atoms with E-state index in [1.165, 1.54) is 11.5 Å². The Morgan fingerprint density at radius 3 is 3.31 bits per heavy atom. The SMILES string of the molecule is CC1OCCC1NCc1csnn1. The van der Waals surface area contributed by atoms with Gasteiger partial charge in [0, 0.05) is 24.6 Å². The van der Waals surface area contributed by atoms with E-state index in [2.05, 4.69) is 21.8 Å². The normalized spacial score (nSPS) is 28.1. The average Bonchev–Trinajstić information content (AvgIpc) is 2.72. The van der Waals surface area contributed by atoms with Gasteiger partial charge >= 0.3 is 0 Å². The summed E-state index contributed by atoms with van der Waals surface area (Å²) in [6.07, 6.45) is 1.42. The second-order valence-corrected chi connectivity index (χ2v) is 3.86. The first kappa shape index (κ1) is 9.05. The van der Waals surface area contributed by atoms with Crippen LogP contribution in [0, 0.1) is 0 Å². The third-order valence-corrected chi connectivity index (χ3v) is 2.88. The maximum Gasteiger partial charge on any atom is 0.0893 e. The molecule has 0 amide bonds. The van der Waals surface area contributed by atoms with Crippen molar-refractivity contribution in [1.82, 2.24) is 14.9 Å². The van der Waals surface area contributed by atoms with Crippen molar-refractivity contribution < 1.29 is 4.74 Å². The fourth-order valence-electron chi connectivity index (χ4n) is 1.50. The van der Waals surface area contributed by atoms with E-state index in [4.69, 9.17) is 4.74 Å². The second kappa shape index (κ2) is 4.13. The van der Waals surface area contributed by atoms with E-state index in [1.54, 1.807) is 0 Å². The molecule has 2 heterocycles. The predicted octanol–water partition coefficient (Wildman–Crippen LogP) is 0.805. The van der Waals surface area contributed by atoms with E-state index < -0.39 is 0 Å². The highest BCUT2D eigenvalue weighted by molar-refractivity contribution is 7.03. The maximum atomic E-state index is 5.44. The molecule has 13 heavy (non-hydrogen) atoms. The number of rotatable bonds is 3. The molecule has 2 atom stereocenters. The Morgan fingerprint density at radius 2 is 2.69 bits per heavy atom. The molecule has 1 aromatic heterocycles. The van der Waals surface area contributed by atoms with E-state index in [-0.39, 0.29) is 0 Å². The fraction of sp³-hybridized carbons (Fsp3) is 0.750. The molecule has 2 unspecified atom stereocenters. The lowest BCUT2D eigenvalue weighted by molar-refractivity contribution is 0.113. The molecule has 1 fully saturated rings. The molecule has 1 aliphatic heterocycles. The van der Waals surface area contributed by atoms with Gasteiger partial charge in [0.2, 0.25) is 0 Å². The molecule has 1 aliphatic rings. The van der Waals surface area contributed by atoms with E-state index in [0.29, 0.717) is 12.1 Å². The standard InChI is InChI=1S/C8H13N3OS/c1-6-8(2-3-12-6)9-4-7-5-13-11-10-7/h5-6,8-9H,2-4H2,1H3. The molecule has 0 saturated carbocycles. The highest BCUT2D eigenvalue weighted by Crippen LogP contribution is 2.12. The van der Waals surface area contributed by atoms with Gasteiger partial charge in [-0.25, -0.2) is 0 Å². The first-order chi connectivity index (χ1) is 6.36. The minimum absolute atomic E-state index is 0.326. The summed E-state index contributed by atoms with van der Waals surface area (Å²) in [5, 5.41) is 9.35. The molecule has 0 radical (unpaired) electrons. The Bertz CT molecular complexity index is 252. The minimum Gasteiger partial charge on any atom is -0.377 e. The van der Waals surface area contributed by atoms with E-state index in [1.807, 2.05) is 5.38 Å². The van der Waals surface area contributed by atoms with Crippen LogP contribution >= 0.6 is 11.5 Å². The van der Waals surface area contributed by atoms with Gasteiger partial charge in [-0.15, -0.1) is 5.10 Å². The smallest absolute Gasteiger partial charge is 0.0893 e. The molecule has 0 spiro atoms. The molecule has 0 aliphatic carbocycles. The van der Waals surface area contributed by atoms with Crippen LogP contribution in [-0.4, -0.2) is 28.3 Å². The van der Waals surface area contributed by atoms with Crippen LogP contribution in [-0.2, 0) is 11.3 Å². The van der Waals surface area contributed by atoms with Crippen molar-refractivity contribution in [3.63, 3.8) is 0 Å². The minimum atomic E-state index is 0.326. The van der Waals surface area contributed by atoms with Crippen LogP contribution in [0.2, 0.25) is 0 Å². The molecular formula is C8H13N3OS. The van der Waals surface area contributed by atoms with Gasteiger partial charge in [-0.3, -0.25) is 0 Å². The monoisotopic (exact) mass is 199 g/mol. The molecule has 1 saturated heterocycles. The third-order valence-electron chi connectivity index (χ3n) is 2.33. The number of hydrogen-bond donors (Lipinski definition) is 1. The lowest BCUT2D eigenvalue weighted by atomic mass is 10.1. The Hall–Kier alpha value is -0.520. The quantitative estimate of drug-likeness (QED) is 0.782. The number of nitrogens with zero attached hydrogens (tertiary/aromatic N) is 2. The average molecular weight is 199 g/mol. The first-order valence-electron chi connectivity index (χ1n) is 4.47. The number of ether oxygens (including phenoxy) is 1. The zero-order chi connectivity index (χ0) is 9.10. The zero-order valence-corrected chi connectivity index (χ0v) is 8.38. The summed E-state index contributed by atoms with van der Waals surface area (Å²) in [5.41, 5.74) is 1.02. The third kappa shape index (κ3) is 2.24. The van der Waals surface area contributed by atoms with Crippen molar-refractivity contribution in [3.05, 3.63) is 11.1 Å². The van der Waals surface area contributed by atoms with Crippen molar-refractivity contribution in [3.8, 4) is 0 Å². The number of nitrogens with one attached hydrogen (secondary N) is 1. The topological polar surface area (TPSA) is 47.0 Å². The largest absolute Gasteiger partial charge is 0.377 e. The van der Waals surface area contributed by atoms with Crippen LogP contribution in [0.3, 0.4) is 0 Å². The summed E-state index contributed by atoms with van der Waals surface area (Å²) in [6.45, 7) is 3.77. The first-order valence-corrected chi connectivity index (χ1v) is 5.31. The Kier molecular flexibility index (Phi) is 2.87. The summed E-state index contributed by atoms with van der Waals surface area (Å²) in [6, 6.07) is 0.474. The Balaban J connectivity index is 1.79. The molecule has 1 N–H and O–H groups in total. The molecule has 0 bridgehead atoms. The lowest BCUT2D eigenvalue weighted by Crippen LogP contribution is -2.34. The van der Waals surface area contributed by atoms with E-state index in [0.717, 1.165) is 25.3 Å². The molecular weight excluding hydrogens is 186 g/mol. The molecule has 0 aromatic carbocycles. The number of aromatic nitrogens is 2. The van der Waals surface area contributed by atoms with Crippen molar-refractivity contribution >= 4 is 11.5 Å². The van der Waals surface area contributed by atoms with Crippen molar-refractivity contribution in [2.24, 2.45) is 0 Å². The van der Waals surface area contributed by atoms with Gasteiger partial charge in [-0.05, 0) is 24.9 Å². The summed E-state index contributed by atoms with van der Waals surface area (Å²) in [7, 11) is 0. The molecule has 5 heteroatoms. The fourth-order valence-corrected chi connectivity index (χ4v) is 1.95. The van der Waals surface area contributed by atoms with Gasteiger partial charge in [-0.1, -0.05) is 4.49 Å². The lowest BCUT2D eigenvalue weighted by Gasteiger charge is -2.14. The summed E-state index contributed by atoms with van der Waals surface area (Å²) in [4.78, 5) is 0. The highest BCUT2D eigenvalue weighted by atomic mass is 32.1. The van der Waals surface area contributed by atoms with E-state index >= 15 is 0 Å². The Labute approximate surface area is 81.5 Å². The summed E-state index contributed by atoms with van der Waals surface area (Å²) < 4.78 is 9.25. The van der Waals surface area contributed by atoms with E-state index in [9.17, 15) is 0 Å². The van der Waals surface area contributed by atoms with Crippen LogP contribution in [0.1, 0.15) is 19.0 Å². The predicted molar refractivity (Wildman–Crippen MR) is 50.6 cm³/mol. The van der Waals surface area contributed by atoms with Crippen LogP contribution < -0.4 is 5.32 Å². The van der Waals surface area contributed by atoms with Crippen LogP contribution in [0.15, 0.2) is 5.38 Å². The van der Waals surface area contributed by atoms with Crippen molar-refractivity contribution in [2.45, 2.75) is 32.0 Å². The van der Waals surface area contributed by atoms with Gasteiger partial charge in [-0.2, -0.15) is 0 Å². The summed E-state index contributed by atoms with van der Waals surface area (Å²) >= 11 is 1.39. The second-order valence-electron chi connectivity index (χ2n) is 3.25. The molecule has 4 nitrogen and oxygen atoms in total. The zero-order valence-electron chi connectivity index (χ0n) is 7.56. The van der Waals surface area contributed by atoms with Crippen LogP contribution in [0.4, 0.5) is 0 Å². The van der Waals surface area contributed by atoms with Gasteiger partial charge in [0.25, 0.3) is 0 Å². The van der Waals surface area contributed by atoms with Crippen molar-refractivity contribution in [2.75, 3.05) is 6.61 Å². The van der Waals surface area contributed by atoms with Crippen LogP contribution in [0.25, 0.3) is 0 Å².